The molecule has 2 aromatic rings. The lowest BCUT2D eigenvalue weighted by atomic mass is 10.1. The fraction of sp³-hybridized carbons (Fsp3) is 0.524. The van der Waals surface area contributed by atoms with E-state index >= 15 is 0 Å². The number of carbonyl (C=O) groups is 1. The first-order valence-corrected chi connectivity index (χ1v) is 11.8. The summed E-state index contributed by atoms with van der Waals surface area (Å²) in [5.41, 5.74) is 3.44. The molecule has 0 radical (unpaired) electrons. The van der Waals surface area contributed by atoms with Crippen molar-refractivity contribution in [2.24, 2.45) is 0 Å². The molecule has 7 nitrogen and oxygen atoms in total. The topological polar surface area (TPSA) is 75.5 Å². The van der Waals surface area contributed by atoms with Gasteiger partial charge in [-0.2, -0.15) is 5.10 Å². The number of amides is 1. The average molecular weight is 419 g/mol. The molecule has 1 aromatic heterocycles. The third kappa shape index (κ3) is 5.25. The molecule has 158 valence electrons. The van der Waals surface area contributed by atoms with Gasteiger partial charge in [-0.3, -0.25) is 4.79 Å². The molecule has 0 bridgehead atoms. The van der Waals surface area contributed by atoms with Crippen molar-refractivity contribution in [1.82, 2.24) is 19.6 Å². The number of hydrogen-bond acceptors (Lipinski definition) is 5. The number of rotatable bonds is 7. The minimum atomic E-state index is -3.06. The van der Waals surface area contributed by atoms with Crippen molar-refractivity contribution in [2.45, 2.75) is 32.7 Å². The predicted octanol–water partition coefficient (Wildman–Crippen LogP) is 2.07. The Morgan fingerprint density at radius 1 is 1.17 bits per heavy atom. The normalized spacial score (nSPS) is 18.3. The second kappa shape index (κ2) is 8.67. The van der Waals surface area contributed by atoms with Crippen molar-refractivity contribution >= 4 is 15.7 Å². The first-order valence-electron chi connectivity index (χ1n) is 9.96. The molecule has 8 heteroatoms. The maximum Gasteiger partial charge on any atom is 0.254 e. The summed E-state index contributed by atoms with van der Waals surface area (Å²) >= 11 is 0. The number of aryl methyl sites for hydroxylation is 2. The zero-order valence-electron chi connectivity index (χ0n) is 17.6. The SMILES string of the molecule is Cc1cc(C)n(-c2ccc(C(=O)N(CCCN(C)C)C3CCS(=O)(=O)C3)cc2)n1. The average Bonchev–Trinajstić information content (AvgIpc) is 3.19. The van der Waals surface area contributed by atoms with E-state index in [1.54, 1.807) is 17.0 Å². The number of carbonyl (C=O) groups excluding carboxylic acids is 1. The van der Waals surface area contributed by atoms with E-state index in [1.165, 1.54) is 0 Å². The predicted molar refractivity (Wildman–Crippen MR) is 114 cm³/mol. The molecule has 1 amide bonds. The van der Waals surface area contributed by atoms with Crippen LogP contribution < -0.4 is 0 Å². The molecule has 1 fully saturated rings. The minimum absolute atomic E-state index is 0.0601. The van der Waals surface area contributed by atoms with Crippen LogP contribution in [0, 0.1) is 13.8 Å². The number of aromatic nitrogens is 2. The van der Waals surface area contributed by atoms with Crippen LogP contribution in [-0.4, -0.2) is 78.6 Å². The first kappa shape index (κ1) is 21.5. The van der Waals surface area contributed by atoms with Gasteiger partial charge in [-0.15, -0.1) is 0 Å². The van der Waals surface area contributed by atoms with Crippen LogP contribution in [-0.2, 0) is 9.84 Å². The molecule has 0 aliphatic carbocycles. The van der Waals surface area contributed by atoms with Crippen molar-refractivity contribution in [1.29, 1.82) is 0 Å². The first-order chi connectivity index (χ1) is 13.7. The summed E-state index contributed by atoms with van der Waals surface area (Å²) < 4.78 is 25.8. The van der Waals surface area contributed by atoms with E-state index in [0.717, 1.165) is 30.0 Å². The molecular formula is C21H30N4O3S. The maximum atomic E-state index is 13.2. The van der Waals surface area contributed by atoms with Gasteiger partial charge in [0.15, 0.2) is 9.84 Å². The third-order valence-electron chi connectivity index (χ3n) is 5.28. The zero-order valence-corrected chi connectivity index (χ0v) is 18.4. The number of hydrogen-bond donors (Lipinski definition) is 0. The Kier molecular flexibility index (Phi) is 6.43. The fourth-order valence-corrected chi connectivity index (χ4v) is 5.56. The summed E-state index contributed by atoms with van der Waals surface area (Å²) in [6.07, 6.45) is 1.32. The summed E-state index contributed by atoms with van der Waals surface area (Å²) in [6.45, 7) is 5.34. The zero-order chi connectivity index (χ0) is 21.2. The monoisotopic (exact) mass is 418 g/mol. The summed E-state index contributed by atoms with van der Waals surface area (Å²) in [5, 5.41) is 4.48. The van der Waals surface area contributed by atoms with Crippen LogP contribution in [0.15, 0.2) is 30.3 Å². The molecule has 1 unspecified atom stereocenters. The summed E-state index contributed by atoms with van der Waals surface area (Å²) in [5.74, 6) is 0.113. The summed E-state index contributed by atoms with van der Waals surface area (Å²) in [7, 11) is 0.921. The van der Waals surface area contributed by atoms with Crippen molar-refractivity contribution in [3.05, 3.63) is 47.3 Å². The largest absolute Gasteiger partial charge is 0.335 e. The van der Waals surface area contributed by atoms with Gasteiger partial charge in [0.1, 0.15) is 0 Å². The highest BCUT2D eigenvalue weighted by Gasteiger charge is 2.34. The van der Waals surface area contributed by atoms with Crippen LogP contribution in [0.2, 0.25) is 0 Å². The van der Waals surface area contributed by atoms with Crippen LogP contribution in [0.5, 0.6) is 0 Å². The lowest BCUT2D eigenvalue weighted by Gasteiger charge is -2.29. The highest BCUT2D eigenvalue weighted by Crippen LogP contribution is 2.21. The van der Waals surface area contributed by atoms with Gasteiger partial charge >= 0.3 is 0 Å². The Balaban J connectivity index is 1.80. The summed E-state index contributed by atoms with van der Waals surface area (Å²) in [4.78, 5) is 17.1. The van der Waals surface area contributed by atoms with Crippen molar-refractivity contribution in [3.8, 4) is 5.69 Å². The minimum Gasteiger partial charge on any atom is -0.335 e. The van der Waals surface area contributed by atoms with Crippen LogP contribution in [0.4, 0.5) is 0 Å². The van der Waals surface area contributed by atoms with E-state index in [1.807, 2.05) is 50.8 Å². The van der Waals surface area contributed by atoms with Gasteiger partial charge in [0.25, 0.3) is 5.91 Å². The quantitative estimate of drug-likeness (QED) is 0.688. The van der Waals surface area contributed by atoms with Crippen molar-refractivity contribution in [3.63, 3.8) is 0 Å². The molecule has 1 aromatic carbocycles. The van der Waals surface area contributed by atoms with E-state index < -0.39 is 9.84 Å². The molecule has 1 saturated heterocycles. The van der Waals surface area contributed by atoms with Crippen molar-refractivity contribution < 1.29 is 13.2 Å². The van der Waals surface area contributed by atoms with Gasteiger partial charge in [-0.05, 0) is 77.7 Å². The Bertz CT molecular complexity index is 964. The highest BCUT2D eigenvalue weighted by atomic mass is 32.2. The maximum absolute atomic E-state index is 13.2. The summed E-state index contributed by atoms with van der Waals surface area (Å²) in [6, 6.07) is 9.14. The molecule has 0 saturated carbocycles. The Morgan fingerprint density at radius 2 is 1.86 bits per heavy atom. The Morgan fingerprint density at radius 3 is 2.38 bits per heavy atom. The smallest absolute Gasteiger partial charge is 0.254 e. The number of benzene rings is 1. The number of nitrogens with zero attached hydrogens (tertiary/aromatic N) is 4. The molecule has 1 aliphatic rings. The fourth-order valence-electron chi connectivity index (χ4n) is 3.83. The molecular weight excluding hydrogens is 388 g/mol. The second-order valence-electron chi connectivity index (χ2n) is 8.10. The molecule has 3 rings (SSSR count). The lowest BCUT2D eigenvalue weighted by Crippen LogP contribution is -2.42. The molecule has 1 atom stereocenters. The lowest BCUT2D eigenvalue weighted by molar-refractivity contribution is 0.0690. The second-order valence-corrected chi connectivity index (χ2v) is 10.3. The Hall–Kier alpha value is -2.19. The van der Waals surface area contributed by atoms with E-state index in [0.29, 0.717) is 18.5 Å². The molecule has 0 spiro atoms. The van der Waals surface area contributed by atoms with Crippen LogP contribution in [0.25, 0.3) is 5.69 Å². The van der Waals surface area contributed by atoms with E-state index in [-0.39, 0.29) is 23.5 Å². The molecule has 1 aliphatic heterocycles. The van der Waals surface area contributed by atoms with Crippen LogP contribution in [0.3, 0.4) is 0 Å². The molecule has 0 N–H and O–H groups in total. The van der Waals surface area contributed by atoms with E-state index in [9.17, 15) is 13.2 Å². The molecule has 29 heavy (non-hydrogen) atoms. The molecule has 2 heterocycles. The van der Waals surface area contributed by atoms with Crippen molar-refractivity contribution in [2.75, 3.05) is 38.7 Å². The van der Waals surface area contributed by atoms with Gasteiger partial charge < -0.3 is 9.80 Å². The highest BCUT2D eigenvalue weighted by molar-refractivity contribution is 7.91. The van der Waals surface area contributed by atoms with Crippen LogP contribution in [0.1, 0.15) is 34.6 Å². The van der Waals surface area contributed by atoms with Gasteiger partial charge in [-0.25, -0.2) is 13.1 Å². The van der Waals surface area contributed by atoms with Gasteiger partial charge in [0.05, 0.1) is 22.9 Å². The number of sulfone groups is 1. The van der Waals surface area contributed by atoms with Gasteiger partial charge in [0.2, 0.25) is 0 Å². The van der Waals surface area contributed by atoms with E-state index in [4.69, 9.17) is 0 Å². The standard InChI is InChI=1S/C21H30N4O3S/c1-16-14-17(2)25(22-16)19-8-6-18(7-9-19)21(26)24(12-5-11-23(3)4)20-10-13-29(27,28)15-20/h6-9,14,20H,5,10-13,15H2,1-4H3. The van der Waals surface area contributed by atoms with E-state index in [2.05, 4.69) is 10.00 Å². The van der Waals surface area contributed by atoms with Gasteiger partial charge in [0, 0.05) is 23.8 Å². The van der Waals surface area contributed by atoms with Gasteiger partial charge in [-0.1, -0.05) is 0 Å². The third-order valence-corrected chi connectivity index (χ3v) is 7.03. The Labute approximate surface area is 173 Å². The van der Waals surface area contributed by atoms with Crippen LogP contribution >= 0.6 is 0 Å².